The van der Waals surface area contributed by atoms with E-state index in [1.807, 2.05) is 17.0 Å². The van der Waals surface area contributed by atoms with E-state index in [1.165, 1.54) is 6.07 Å². The number of carbonyl (C=O) groups is 1. The van der Waals surface area contributed by atoms with Crippen molar-refractivity contribution in [1.29, 1.82) is 0 Å². The molecule has 0 bridgehead atoms. The quantitative estimate of drug-likeness (QED) is 0.844. The lowest BCUT2D eigenvalue weighted by Gasteiger charge is -2.33. The maximum absolute atomic E-state index is 14.1. The maximum Gasteiger partial charge on any atom is 0.253 e. The van der Waals surface area contributed by atoms with Gasteiger partial charge in [0.1, 0.15) is 5.82 Å². The van der Waals surface area contributed by atoms with Crippen molar-refractivity contribution in [3.05, 3.63) is 70.5 Å². The van der Waals surface area contributed by atoms with E-state index in [2.05, 4.69) is 12.2 Å². The Bertz CT molecular complexity index is 832. The third-order valence-electron chi connectivity index (χ3n) is 6.04. The first kappa shape index (κ1) is 18.5. The van der Waals surface area contributed by atoms with Crippen LogP contribution in [0.2, 0.25) is 5.02 Å². The molecule has 2 fully saturated rings. The summed E-state index contributed by atoms with van der Waals surface area (Å²) in [6.45, 7) is 3.60. The molecule has 1 aliphatic carbocycles. The van der Waals surface area contributed by atoms with Gasteiger partial charge in [-0.15, -0.1) is 0 Å². The van der Waals surface area contributed by atoms with E-state index in [4.69, 9.17) is 11.6 Å². The number of halogens is 2. The number of hydrogen-bond acceptors (Lipinski definition) is 2. The largest absolute Gasteiger partial charge is 0.339 e. The van der Waals surface area contributed by atoms with Gasteiger partial charge in [-0.25, -0.2) is 4.39 Å². The smallest absolute Gasteiger partial charge is 0.253 e. The Morgan fingerprint density at radius 1 is 1.15 bits per heavy atom. The Balaban J connectivity index is 1.31. The van der Waals surface area contributed by atoms with Crippen molar-refractivity contribution in [3.63, 3.8) is 0 Å². The van der Waals surface area contributed by atoms with E-state index < -0.39 is 0 Å². The Morgan fingerprint density at radius 2 is 1.81 bits per heavy atom. The summed E-state index contributed by atoms with van der Waals surface area (Å²) < 4.78 is 14.1. The average molecular weight is 387 g/mol. The van der Waals surface area contributed by atoms with Gasteiger partial charge in [0.25, 0.3) is 5.91 Å². The zero-order valence-corrected chi connectivity index (χ0v) is 16.2. The fraction of sp³-hybridized carbons (Fsp3) is 0.409. The lowest BCUT2D eigenvalue weighted by atomic mass is 9.96. The lowest BCUT2D eigenvalue weighted by molar-refractivity contribution is 0.0704. The van der Waals surface area contributed by atoms with Gasteiger partial charge in [-0.1, -0.05) is 36.7 Å². The molecule has 1 saturated carbocycles. The number of amides is 1. The van der Waals surface area contributed by atoms with Gasteiger partial charge in [0.05, 0.1) is 0 Å². The molecule has 5 heteroatoms. The molecule has 0 radical (unpaired) electrons. The van der Waals surface area contributed by atoms with Crippen LogP contribution < -0.4 is 5.32 Å². The van der Waals surface area contributed by atoms with Crippen LogP contribution in [0.3, 0.4) is 0 Å². The first-order valence-electron chi connectivity index (χ1n) is 9.53. The first-order chi connectivity index (χ1) is 13.0. The molecule has 1 heterocycles. The van der Waals surface area contributed by atoms with Gasteiger partial charge in [-0.2, -0.15) is 0 Å². The topological polar surface area (TPSA) is 32.3 Å². The van der Waals surface area contributed by atoms with Crippen molar-refractivity contribution in [2.45, 2.75) is 43.7 Å². The molecule has 2 aromatic rings. The predicted molar refractivity (Wildman–Crippen MR) is 106 cm³/mol. The Labute approximate surface area is 164 Å². The van der Waals surface area contributed by atoms with Gasteiger partial charge in [-0.3, -0.25) is 4.79 Å². The highest BCUT2D eigenvalue weighted by atomic mass is 35.5. The molecule has 1 amide bonds. The highest BCUT2D eigenvalue weighted by molar-refractivity contribution is 6.30. The van der Waals surface area contributed by atoms with E-state index in [0.717, 1.165) is 37.9 Å². The van der Waals surface area contributed by atoms with Crippen LogP contribution in [0.4, 0.5) is 4.39 Å². The van der Waals surface area contributed by atoms with Crippen molar-refractivity contribution in [3.8, 4) is 0 Å². The van der Waals surface area contributed by atoms with Gasteiger partial charge in [0.15, 0.2) is 0 Å². The van der Waals surface area contributed by atoms with Gasteiger partial charge in [0.2, 0.25) is 0 Å². The van der Waals surface area contributed by atoms with Crippen LogP contribution in [0.25, 0.3) is 0 Å². The SMILES string of the molecule is CC1(c2ccccc2F)CC1NC1CCN(C(=O)c2ccc(Cl)cc2)CC1. The summed E-state index contributed by atoms with van der Waals surface area (Å²) >= 11 is 5.90. The zero-order chi connectivity index (χ0) is 19.0. The molecule has 3 nitrogen and oxygen atoms in total. The minimum absolute atomic E-state index is 0.0627. The lowest BCUT2D eigenvalue weighted by Crippen LogP contribution is -2.46. The number of piperidine rings is 1. The van der Waals surface area contributed by atoms with Crippen molar-refractivity contribution in [2.75, 3.05) is 13.1 Å². The molecule has 1 saturated heterocycles. The van der Waals surface area contributed by atoms with Gasteiger partial charge in [0, 0.05) is 41.2 Å². The molecule has 0 spiro atoms. The number of carbonyl (C=O) groups excluding carboxylic acids is 1. The second-order valence-electron chi connectivity index (χ2n) is 7.89. The van der Waals surface area contributed by atoms with Gasteiger partial charge in [-0.05, 0) is 55.2 Å². The second kappa shape index (κ2) is 7.25. The Morgan fingerprint density at radius 3 is 2.48 bits per heavy atom. The molecule has 2 atom stereocenters. The molecule has 142 valence electrons. The van der Waals surface area contributed by atoms with Crippen LogP contribution in [-0.2, 0) is 5.41 Å². The highest BCUT2D eigenvalue weighted by Crippen LogP contribution is 2.49. The third-order valence-corrected chi connectivity index (χ3v) is 6.29. The second-order valence-corrected chi connectivity index (χ2v) is 8.33. The number of hydrogen-bond donors (Lipinski definition) is 1. The summed E-state index contributed by atoms with van der Waals surface area (Å²) in [6, 6.07) is 14.8. The monoisotopic (exact) mass is 386 g/mol. The summed E-state index contributed by atoms with van der Waals surface area (Å²) in [5.41, 5.74) is 1.36. The molecule has 4 rings (SSSR count). The van der Waals surface area contributed by atoms with Crippen molar-refractivity contribution in [1.82, 2.24) is 10.2 Å². The van der Waals surface area contributed by atoms with Crippen LogP contribution in [-0.4, -0.2) is 36.0 Å². The summed E-state index contributed by atoms with van der Waals surface area (Å²) in [7, 11) is 0. The van der Waals surface area contributed by atoms with Gasteiger partial charge < -0.3 is 10.2 Å². The molecule has 2 aromatic carbocycles. The number of nitrogens with one attached hydrogen (secondary N) is 1. The van der Waals surface area contributed by atoms with E-state index in [1.54, 1.807) is 30.3 Å². The Kier molecular flexibility index (Phi) is 4.95. The van der Waals surface area contributed by atoms with E-state index in [9.17, 15) is 9.18 Å². The van der Waals surface area contributed by atoms with Crippen LogP contribution >= 0.6 is 11.6 Å². The average Bonchev–Trinajstić information content (AvgIpc) is 3.33. The minimum atomic E-state index is -0.123. The summed E-state index contributed by atoms with van der Waals surface area (Å²) in [6.07, 6.45) is 2.80. The summed E-state index contributed by atoms with van der Waals surface area (Å²) in [5.74, 6) is -0.0552. The molecular formula is C22H24ClFN2O. The highest BCUT2D eigenvalue weighted by Gasteiger charge is 2.53. The molecule has 2 unspecified atom stereocenters. The molecule has 0 aromatic heterocycles. The summed E-state index contributed by atoms with van der Waals surface area (Å²) in [5, 5.41) is 4.33. The first-order valence-corrected chi connectivity index (χ1v) is 9.91. The fourth-order valence-electron chi connectivity index (χ4n) is 4.14. The number of benzene rings is 2. The third kappa shape index (κ3) is 3.74. The van der Waals surface area contributed by atoms with Crippen LogP contribution in [0.1, 0.15) is 42.1 Å². The summed E-state index contributed by atoms with van der Waals surface area (Å²) in [4.78, 5) is 14.5. The number of nitrogens with zero attached hydrogens (tertiary/aromatic N) is 1. The van der Waals surface area contributed by atoms with Crippen LogP contribution in [0.15, 0.2) is 48.5 Å². The van der Waals surface area contributed by atoms with Crippen LogP contribution in [0.5, 0.6) is 0 Å². The molecule has 1 N–H and O–H groups in total. The molecule has 1 aliphatic heterocycles. The molecule has 27 heavy (non-hydrogen) atoms. The van der Waals surface area contributed by atoms with Gasteiger partial charge >= 0.3 is 0 Å². The Hall–Kier alpha value is -1.91. The standard InChI is InChI=1S/C22H24ClFN2O/c1-22(18-4-2-3-5-19(18)24)14-20(22)25-17-10-12-26(13-11-17)21(27)15-6-8-16(23)9-7-15/h2-9,17,20,25H,10-14H2,1H3. The molecule has 2 aliphatic rings. The van der Waals surface area contributed by atoms with Crippen molar-refractivity contribution in [2.24, 2.45) is 0 Å². The van der Waals surface area contributed by atoms with E-state index in [-0.39, 0.29) is 17.1 Å². The van der Waals surface area contributed by atoms with Crippen molar-refractivity contribution < 1.29 is 9.18 Å². The van der Waals surface area contributed by atoms with Crippen LogP contribution in [0, 0.1) is 5.82 Å². The van der Waals surface area contributed by atoms with Crippen molar-refractivity contribution >= 4 is 17.5 Å². The number of likely N-dealkylation sites (tertiary alicyclic amines) is 1. The number of rotatable bonds is 4. The van der Waals surface area contributed by atoms with E-state index in [0.29, 0.717) is 22.7 Å². The zero-order valence-electron chi connectivity index (χ0n) is 15.4. The fourth-order valence-corrected chi connectivity index (χ4v) is 4.26. The molecular weight excluding hydrogens is 363 g/mol. The normalized spacial score (nSPS) is 25.4. The minimum Gasteiger partial charge on any atom is -0.339 e. The van der Waals surface area contributed by atoms with E-state index >= 15 is 0 Å². The maximum atomic E-state index is 14.1. The predicted octanol–water partition coefficient (Wildman–Crippen LogP) is 4.40.